The van der Waals surface area contributed by atoms with Gasteiger partial charge in [-0.05, 0) is 18.6 Å². The van der Waals surface area contributed by atoms with Crippen LogP contribution in [0.25, 0.3) is 0 Å². The van der Waals surface area contributed by atoms with Gasteiger partial charge in [0.05, 0.1) is 5.56 Å². The maximum absolute atomic E-state index is 13.5. The lowest BCUT2D eigenvalue weighted by Crippen LogP contribution is -2.34. The standard InChI is InChI=1S/C12H13BrF3NO/c1-2-6-17(7-5-13)12(18)8-3-4-9(14)11(16)10(8)15/h3-4H,2,5-7H2,1H3. The molecule has 0 bridgehead atoms. The van der Waals surface area contributed by atoms with Crippen LogP contribution in [0.2, 0.25) is 0 Å². The molecular formula is C12H13BrF3NO. The number of nitrogens with zero attached hydrogens (tertiary/aromatic N) is 1. The van der Waals surface area contributed by atoms with E-state index in [1.54, 1.807) is 0 Å². The third-order valence-corrected chi connectivity index (χ3v) is 2.76. The minimum Gasteiger partial charge on any atom is -0.338 e. The predicted molar refractivity (Wildman–Crippen MR) is 66.3 cm³/mol. The number of halogens is 4. The van der Waals surface area contributed by atoms with Crippen molar-refractivity contribution in [2.24, 2.45) is 0 Å². The van der Waals surface area contributed by atoms with Gasteiger partial charge in [0.2, 0.25) is 0 Å². The topological polar surface area (TPSA) is 20.3 Å². The molecule has 1 aromatic carbocycles. The maximum Gasteiger partial charge on any atom is 0.256 e. The molecule has 0 saturated carbocycles. The normalized spacial score (nSPS) is 10.5. The second kappa shape index (κ2) is 6.78. The lowest BCUT2D eigenvalue weighted by atomic mass is 10.1. The Morgan fingerprint density at radius 1 is 1.22 bits per heavy atom. The number of alkyl halides is 1. The lowest BCUT2D eigenvalue weighted by Gasteiger charge is -2.21. The molecule has 0 aromatic heterocycles. The summed E-state index contributed by atoms with van der Waals surface area (Å²) in [5.74, 6) is -4.98. The highest BCUT2D eigenvalue weighted by Crippen LogP contribution is 2.17. The highest BCUT2D eigenvalue weighted by molar-refractivity contribution is 9.09. The molecule has 0 aliphatic rings. The molecule has 0 radical (unpaired) electrons. The van der Waals surface area contributed by atoms with Gasteiger partial charge in [-0.3, -0.25) is 4.79 Å². The molecule has 0 aliphatic carbocycles. The van der Waals surface area contributed by atoms with E-state index in [0.29, 0.717) is 24.8 Å². The third kappa shape index (κ3) is 3.25. The molecule has 1 amide bonds. The smallest absolute Gasteiger partial charge is 0.256 e. The number of amides is 1. The predicted octanol–water partition coefficient (Wildman–Crippen LogP) is 3.35. The Hall–Kier alpha value is -1.04. The van der Waals surface area contributed by atoms with E-state index >= 15 is 0 Å². The van der Waals surface area contributed by atoms with Crippen molar-refractivity contribution >= 4 is 21.8 Å². The summed E-state index contributed by atoms with van der Waals surface area (Å²) in [6.07, 6.45) is 0.698. The Labute approximate surface area is 112 Å². The minimum atomic E-state index is -1.61. The minimum absolute atomic E-state index is 0.380. The van der Waals surface area contributed by atoms with Crippen LogP contribution in [-0.2, 0) is 0 Å². The van der Waals surface area contributed by atoms with E-state index in [1.807, 2.05) is 6.92 Å². The molecule has 18 heavy (non-hydrogen) atoms. The lowest BCUT2D eigenvalue weighted by molar-refractivity contribution is 0.0760. The Bertz CT molecular complexity index is 434. The van der Waals surface area contributed by atoms with Crippen LogP contribution in [0.1, 0.15) is 23.7 Å². The fourth-order valence-electron chi connectivity index (χ4n) is 1.55. The highest BCUT2D eigenvalue weighted by atomic mass is 79.9. The van der Waals surface area contributed by atoms with Crippen molar-refractivity contribution in [3.8, 4) is 0 Å². The number of carbonyl (C=O) groups is 1. The first-order valence-corrected chi connectivity index (χ1v) is 6.63. The number of hydrogen-bond donors (Lipinski definition) is 0. The SMILES string of the molecule is CCCN(CCBr)C(=O)c1ccc(F)c(F)c1F. The molecule has 0 unspecified atom stereocenters. The Morgan fingerprint density at radius 2 is 1.89 bits per heavy atom. The quantitative estimate of drug-likeness (QED) is 0.601. The zero-order valence-electron chi connectivity index (χ0n) is 9.85. The van der Waals surface area contributed by atoms with E-state index in [9.17, 15) is 18.0 Å². The maximum atomic E-state index is 13.5. The van der Waals surface area contributed by atoms with Gasteiger partial charge in [0.25, 0.3) is 5.91 Å². The molecule has 0 atom stereocenters. The molecule has 1 aromatic rings. The fraction of sp³-hybridized carbons (Fsp3) is 0.417. The van der Waals surface area contributed by atoms with E-state index in [-0.39, 0.29) is 0 Å². The second-order valence-corrected chi connectivity index (χ2v) is 4.50. The summed E-state index contributed by atoms with van der Waals surface area (Å²) in [5.41, 5.74) is -0.441. The van der Waals surface area contributed by atoms with Crippen LogP contribution in [0.5, 0.6) is 0 Å². The molecule has 1 rings (SSSR count). The van der Waals surface area contributed by atoms with Crippen LogP contribution in [0, 0.1) is 17.5 Å². The second-order valence-electron chi connectivity index (χ2n) is 3.70. The van der Waals surface area contributed by atoms with Gasteiger partial charge in [-0.15, -0.1) is 0 Å². The molecule has 2 nitrogen and oxygen atoms in total. The van der Waals surface area contributed by atoms with Crippen molar-refractivity contribution in [3.05, 3.63) is 35.1 Å². The Kier molecular flexibility index (Phi) is 5.65. The molecule has 100 valence electrons. The first-order valence-electron chi connectivity index (χ1n) is 5.51. The van der Waals surface area contributed by atoms with Gasteiger partial charge in [0, 0.05) is 18.4 Å². The van der Waals surface area contributed by atoms with Crippen LogP contribution >= 0.6 is 15.9 Å². The summed E-state index contributed by atoms with van der Waals surface area (Å²) in [6, 6.07) is 1.72. The average Bonchev–Trinajstić information content (AvgIpc) is 2.35. The zero-order valence-corrected chi connectivity index (χ0v) is 11.4. The van der Waals surface area contributed by atoms with Gasteiger partial charge in [0.15, 0.2) is 17.5 Å². The molecule has 0 aliphatic heterocycles. The average molecular weight is 324 g/mol. The van der Waals surface area contributed by atoms with Crippen LogP contribution in [0.3, 0.4) is 0 Å². The van der Waals surface area contributed by atoms with Crippen LogP contribution < -0.4 is 0 Å². The van der Waals surface area contributed by atoms with E-state index in [1.165, 1.54) is 4.90 Å². The monoisotopic (exact) mass is 323 g/mol. The van der Waals surface area contributed by atoms with Crippen molar-refractivity contribution in [1.29, 1.82) is 0 Å². The van der Waals surface area contributed by atoms with Crippen molar-refractivity contribution in [2.45, 2.75) is 13.3 Å². The molecule has 0 saturated heterocycles. The first kappa shape index (κ1) is 15.0. The molecule has 0 spiro atoms. The molecular weight excluding hydrogens is 311 g/mol. The van der Waals surface area contributed by atoms with Gasteiger partial charge < -0.3 is 4.90 Å². The Balaban J connectivity index is 3.05. The van der Waals surface area contributed by atoms with Crippen molar-refractivity contribution in [2.75, 3.05) is 18.4 Å². The van der Waals surface area contributed by atoms with E-state index in [4.69, 9.17) is 0 Å². The van der Waals surface area contributed by atoms with Gasteiger partial charge in [-0.2, -0.15) is 0 Å². The fourth-order valence-corrected chi connectivity index (χ4v) is 1.98. The summed E-state index contributed by atoms with van der Waals surface area (Å²) in [5, 5.41) is 0.532. The first-order chi connectivity index (χ1) is 8.52. The van der Waals surface area contributed by atoms with E-state index in [2.05, 4.69) is 15.9 Å². The number of carbonyl (C=O) groups excluding carboxylic acids is 1. The van der Waals surface area contributed by atoms with Crippen molar-refractivity contribution in [3.63, 3.8) is 0 Å². The van der Waals surface area contributed by atoms with Gasteiger partial charge in [-0.1, -0.05) is 22.9 Å². The van der Waals surface area contributed by atoms with Gasteiger partial charge >= 0.3 is 0 Å². The van der Waals surface area contributed by atoms with Crippen LogP contribution in [-0.4, -0.2) is 29.2 Å². The summed E-state index contributed by atoms with van der Waals surface area (Å²) in [6.45, 7) is 2.68. The third-order valence-electron chi connectivity index (χ3n) is 2.40. The highest BCUT2D eigenvalue weighted by Gasteiger charge is 2.22. The molecule has 6 heteroatoms. The summed E-state index contributed by atoms with van der Waals surface area (Å²) in [4.78, 5) is 13.4. The van der Waals surface area contributed by atoms with Crippen molar-refractivity contribution < 1.29 is 18.0 Å². The van der Waals surface area contributed by atoms with Crippen LogP contribution in [0.15, 0.2) is 12.1 Å². The summed E-state index contributed by atoms with van der Waals surface area (Å²) < 4.78 is 39.3. The van der Waals surface area contributed by atoms with E-state index in [0.717, 1.165) is 12.1 Å². The zero-order chi connectivity index (χ0) is 13.7. The number of hydrogen-bond acceptors (Lipinski definition) is 1. The molecule has 0 N–H and O–H groups in total. The number of rotatable bonds is 5. The van der Waals surface area contributed by atoms with Gasteiger partial charge in [-0.25, -0.2) is 13.2 Å². The van der Waals surface area contributed by atoms with Crippen LogP contribution in [0.4, 0.5) is 13.2 Å². The Morgan fingerprint density at radius 3 is 2.44 bits per heavy atom. The molecule has 0 heterocycles. The van der Waals surface area contributed by atoms with Gasteiger partial charge in [0.1, 0.15) is 0 Å². The summed E-state index contributed by atoms with van der Waals surface area (Å²) in [7, 11) is 0. The van der Waals surface area contributed by atoms with Crippen molar-refractivity contribution in [1.82, 2.24) is 4.90 Å². The number of benzene rings is 1. The van der Waals surface area contributed by atoms with E-state index < -0.39 is 28.9 Å². The molecule has 0 fully saturated rings. The summed E-state index contributed by atoms with van der Waals surface area (Å²) >= 11 is 3.18. The largest absolute Gasteiger partial charge is 0.338 e.